The number of nitrogens with zero attached hydrogens (tertiary/aromatic N) is 3. The highest BCUT2D eigenvalue weighted by atomic mass is 16.3. The normalized spacial score (nSPS) is 11.8. The first kappa shape index (κ1) is 26.6. The second kappa shape index (κ2) is 10.5. The van der Waals surface area contributed by atoms with Crippen LogP contribution in [0.15, 0.2) is 160 Å². The molecule has 0 aliphatic heterocycles. The van der Waals surface area contributed by atoms with Gasteiger partial charge in [-0.15, -0.1) is 0 Å². The van der Waals surface area contributed by atoms with E-state index in [0.717, 1.165) is 82.5 Å². The molecule has 10 aromatic rings. The second-order valence-corrected chi connectivity index (χ2v) is 12.0. The summed E-state index contributed by atoms with van der Waals surface area (Å²) in [6.45, 7) is 0. The van der Waals surface area contributed by atoms with Gasteiger partial charge < -0.3 is 8.83 Å². The largest absolute Gasteiger partial charge is 0.456 e. The third-order valence-electron chi connectivity index (χ3n) is 9.11. The topological polar surface area (TPSA) is 65.0 Å². The van der Waals surface area contributed by atoms with E-state index in [2.05, 4.69) is 97.1 Å². The molecule has 0 fully saturated rings. The number of benzene rings is 7. The Morgan fingerprint density at radius 1 is 0.333 bits per heavy atom. The average Bonchev–Trinajstić information content (AvgIpc) is 3.73. The van der Waals surface area contributed by atoms with Crippen LogP contribution in [0.2, 0.25) is 0 Å². The van der Waals surface area contributed by atoms with Gasteiger partial charge in [-0.1, -0.05) is 115 Å². The van der Waals surface area contributed by atoms with Crippen LogP contribution >= 0.6 is 0 Å². The number of para-hydroxylation sites is 2. The summed E-state index contributed by atoms with van der Waals surface area (Å²) in [6.07, 6.45) is 0. The fraction of sp³-hybridized carbons (Fsp3) is 0. The molecule has 10 rings (SSSR count). The van der Waals surface area contributed by atoms with Gasteiger partial charge in [0.25, 0.3) is 0 Å². The maximum atomic E-state index is 6.47. The molecule has 48 heavy (non-hydrogen) atoms. The summed E-state index contributed by atoms with van der Waals surface area (Å²) in [5.41, 5.74) is 8.03. The molecule has 7 aromatic carbocycles. The van der Waals surface area contributed by atoms with Crippen molar-refractivity contribution in [1.29, 1.82) is 0 Å². The first-order chi connectivity index (χ1) is 23.8. The van der Waals surface area contributed by atoms with E-state index in [4.69, 9.17) is 23.8 Å². The molecule has 5 heteroatoms. The number of hydrogen-bond donors (Lipinski definition) is 0. The van der Waals surface area contributed by atoms with Gasteiger partial charge in [-0.3, -0.25) is 0 Å². The summed E-state index contributed by atoms with van der Waals surface area (Å²) in [5, 5.41) is 6.42. The molecule has 0 bridgehead atoms. The van der Waals surface area contributed by atoms with Gasteiger partial charge in [0.1, 0.15) is 22.3 Å². The van der Waals surface area contributed by atoms with Crippen molar-refractivity contribution in [2.45, 2.75) is 0 Å². The zero-order valence-electron chi connectivity index (χ0n) is 25.6. The van der Waals surface area contributed by atoms with Crippen LogP contribution in [0.25, 0.3) is 99.9 Å². The Balaban J connectivity index is 1.27. The number of furan rings is 2. The van der Waals surface area contributed by atoms with Crippen LogP contribution < -0.4 is 0 Å². The predicted molar refractivity (Wildman–Crippen MR) is 194 cm³/mol. The molecule has 3 heterocycles. The number of fused-ring (bicyclic) bond motifs is 7. The monoisotopic (exact) mass is 615 g/mol. The van der Waals surface area contributed by atoms with Crippen LogP contribution in [0.4, 0.5) is 0 Å². The van der Waals surface area contributed by atoms with E-state index >= 15 is 0 Å². The molecule has 0 aliphatic rings. The number of hydrogen-bond acceptors (Lipinski definition) is 5. The highest BCUT2D eigenvalue weighted by Gasteiger charge is 2.20. The van der Waals surface area contributed by atoms with Gasteiger partial charge in [0.2, 0.25) is 0 Å². The highest BCUT2D eigenvalue weighted by Crippen LogP contribution is 2.41. The van der Waals surface area contributed by atoms with Crippen molar-refractivity contribution in [3.8, 4) is 45.3 Å². The minimum atomic E-state index is 0.562. The minimum Gasteiger partial charge on any atom is -0.456 e. The minimum absolute atomic E-state index is 0.562. The molecule has 0 spiro atoms. The summed E-state index contributed by atoms with van der Waals surface area (Å²) < 4.78 is 12.7. The van der Waals surface area contributed by atoms with E-state index in [9.17, 15) is 0 Å². The molecule has 224 valence electrons. The van der Waals surface area contributed by atoms with Crippen molar-refractivity contribution in [2.24, 2.45) is 0 Å². The maximum absolute atomic E-state index is 6.47. The summed E-state index contributed by atoms with van der Waals surface area (Å²) in [6, 6.07) is 51.6. The average molecular weight is 616 g/mol. The third kappa shape index (κ3) is 4.22. The summed E-state index contributed by atoms with van der Waals surface area (Å²) in [7, 11) is 0. The second-order valence-electron chi connectivity index (χ2n) is 12.0. The molecule has 0 saturated carbocycles. The molecule has 3 aromatic heterocycles. The first-order valence-corrected chi connectivity index (χ1v) is 15.9. The van der Waals surface area contributed by atoms with Crippen molar-refractivity contribution in [3.05, 3.63) is 152 Å². The summed E-state index contributed by atoms with van der Waals surface area (Å²) >= 11 is 0. The van der Waals surface area contributed by atoms with Gasteiger partial charge in [-0.05, 0) is 58.3 Å². The molecule has 0 amide bonds. The quantitative estimate of drug-likeness (QED) is 0.197. The van der Waals surface area contributed by atoms with Gasteiger partial charge in [0.15, 0.2) is 17.5 Å². The Hall–Kier alpha value is -6.59. The highest BCUT2D eigenvalue weighted by molar-refractivity contribution is 6.14. The molecule has 0 unspecified atom stereocenters. The van der Waals surface area contributed by atoms with Crippen LogP contribution in [0.1, 0.15) is 0 Å². The predicted octanol–water partition coefficient (Wildman–Crippen LogP) is 11.5. The van der Waals surface area contributed by atoms with Crippen LogP contribution in [0, 0.1) is 0 Å². The van der Waals surface area contributed by atoms with E-state index in [1.165, 1.54) is 0 Å². The van der Waals surface area contributed by atoms with Gasteiger partial charge in [-0.2, -0.15) is 0 Å². The fourth-order valence-electron chi connectivity index (χ4n) is 6.87. The lowest BCUT2D eigenvalue weighted by atomic mass is 9.96. The van der Waals surface area contributed by atoms with Gasteiger partial charge in [-0.25, -0.2) is 15.0 Å². The Kier molecular flexibility index (Phi) is 5.81. The Bertz CT molecular complexity index is 2850. The lowest BCUT2D eigenvalue weighted by molar-refractivity contribution is 0.668. The van der Waals surface area contributed by atoms with Crippen LogP contribution in [0.3, 0.4) is 0 Å². The lowest BCUT2D eigenvalue weighted by Gasteiger charge is -2.11. The third-order valence-corrected chi connectivity index (χ3v) is 9.11. The Labute approximate surface area is 274 Å². The van der Waals surface area contributed by atoms with Gasteiger partial charge in [0.05, 0.1) is 0 Å². The number of rotatable bonds is 4. The van der Waals surface area contributed by atoms with E-state index in [1.54, 1.807) is 0 Å². The van der Waals surface area contributed by atoms with Crippen molar-refractivity contribution in [1.82, 2.24) is 15.0 Å². The van der Waals surface area contributed by atoms with E-state index in [-0.39, 0.29) is 0 Å². The molecule has 0 N–H and O–H groups in total. The Morgan fingerprint density at radius 2 is 0.938 bits per heavy atom. The fourth-order valence-corrected chi connectivity index (χ4v) is 6.87. The Morgan fingerprint density at radius 3 is 1.73 bits per heavy atom. The molecular formula is C43H25N3O2. The van der Waals surface area contributed by atoms with E-state index in [0.29, 0.717) is 17.5 Å². The lowest BCUT2D eigenvalue weighted by Crippen LogP contribution is -2.01. The molecular weight excluding hydrogens is 590 g/mol. The summed E-state index contributed by atoms with van der Waals surface area (Å²) in [4.78, 5) is 15.5. The number of aromatic nitrogens is 3. The SMILES string of the molecule is c1ccc(-c2cc(-c3nc(-c4ccc5ccccc5c4)nc(-c4cccc5oc6ccccc6c45)n3)cc3oc4ccccc4c23)cc1. The van der Waals surface area contributed by atoms with E-state index in [1.807, 2.05) is 54.6 Å². The van der Waals surface area contributed by atoms with Crippen LogP contribution in [-0.2, 0) is 0 Å². The summed E-state index contributed by atoms with van der Waals surface area (Å²) in [5.74, 6) is 1.73. The zero-order valence-corrected chi connectivity index (χ0v) is 25.6. The molecule has 0 atom stereocenters. The van der Waals surface area contributed by atoms with Crippen LogP contribution in [-0.4, -0.2) is 15.0 Å². The van der Waals surface area contributed by atoms with Crippen molar-refractivity contribution >= 4 is 54.6 Å². The molecule has 0 radical (unpaired) electrons. The maximum Gasteiger partial charge on any atom is 0.164 e. The molecule has 5 nitrogen and oxygen atoms in total. The first-order valence-electron chi connectivity index (χ1n) is 15.9. The molecule has 0 aliphatic carbocycles. The molecule has 0 saturated heterocycles. The van der Waals surface area contributed by atoms with Gasteiger partial charge >= 0.3 is 0 Å². The van der Waals surface area contributed by atoms with Crippen molar-refractivity contribution < 1.29 is 8.83 Å². The zero-order chi connectivity index (χ0) is 31.6. The standard InChI is InChI=1S/C43H25N3O2/c1-2-12-27(13-3-1)34-24-30(25-38-40(34)32-16-7-9-19-36(32)48-38)42-44-41(29-22-21-26-11-4-5-14-28(26)23-29)45-43(46-42)33-17-10-20-37-39(33)31-15-6-8-18-35(31)47-37/h1-25H. The smallest absolute Gasteiger partial charge is 0.164 e. The van der Waals surface area contributed by atoms with Gasteiger partial charge in [0, 0.05) is 38.2 Å². The van der Waals surface area contributed by atoms with Crippen molar-refractivity contribution in [2.75, 3.05) is 0 Å². The van der Waals surface area contributed by atoms with E-state index < -0.39 is 0 Å². The van der Waals surface area contributed by atoms with Crippen LogP contribution in [0.5, 0.6) is 0 Å². The van der Waals surface area contributed by atoms with Crippen molar-refractivity contribution in [3.63, 3.8) is 0 Å².